The normalized spacial score (nSPS) is 10.1. The van der Waals surface area contributed by atoms with E-state index in [4.69, 9.17) is 25.8 Å². The summed E-state index contributed by atoms with van der Waals surface area (Å²) in [5.74, 6) is 1.65. The van der Waals surface area contributed by atoms with Crippen LogP contribution in [0.25, 0.3) is 0 Å². The van der Waals surface area contributed by atoms with Gasteiger partial charge in [-0.3, -0.25) is 0 Å². The van der Waals surface area contributed by atoms with Crippen molar-refractivity contribution in [2.45, 2.75) is 6.92 Å². The summed E-state index contributed by atoms with van der Waals surface area (Å²) in [4.78, 5) is 11.9. The third-order valence-corrected chi connectivity index (χ3v) is 3.85. The summed E-state index contributed by atoms with van der Waals surface area (Å²) < 4.78 is 16.1. The average molecular weight is 365 g/mol. The molecule has 2 aromatic rings. The van der Waals surface area contributed by atoms with Crippen LogP contribution in [-0.2, 0) is 0 Å². The molecule has 0 unspecified atom stereocenters. The van der Waals surface area contributed by atoms with E-state index in [1.807, 2.05) is 13.0 Å². The van der Waals surface area contributed by atoms with Gasteiger partial charge in [-0.05, 0) is 36.8 Å². The Hall–Kier alpha value is -2.60. The second kappa shape index (κ2) is 9.03. The van der Waals surface area contributed by atoms with Crippen LogP contribution in [0.2, 0.25) is 5.02 Å². The molecule has 2 rings (SSSR count). The number of hydrogen-bond acceptors (Lipinski definition) is 4. The van der Waals surface area contributed by atoms with Crippen molar-refractivity contribution in [2.75, 3.05) is 32.7 Å². The van der Waals surface area contributed by atoms with Crippen LogP contribution in [0.1, 0.15) is 5.56 Å². The number of benzene rings is 2. The van der Waals surface area contributed by atoms with Crippen molar-refractivity contribution in [3.63, 3.8) is 0 Å². The van der Waals surface area contributed by atoms with E-state index in [0.29, 0.717) is 34.5 Å². The van der Waals surface area contributed by atoms with Gasteiger partial charge in [-0.1, -0.05) is 23.7 Å². The fourth-order valence-electron chi connectivity index (χ4n) is 2.14. The number of hydrogen-bond donors (Lipinski definition) is 2. The standard InChI is InChI=1S/C18H21ClN2O4/c1-12-7-8-13(11-14(12)19)21-18(22)20-9-10-25-16-6-4-5-15(23-2)17(16)24-3/h4-8,11H,9-10H2,1-3H3,(H2,20,21,22). The van der Waals surface area contributed by atoms with Gasteiger partial charge in [0.2, 0.25) is 5.75 Å². The third kappa shape index (κ3) is 5.19. The first kappa shape index (κ1) is 18.7. The zero-order valence-corrected chi connectivity index (χ0v) is 15.1. The first-order valence-electron chi connectivity index (χ1n) is 7.70. The minimum absolute atomic E-state index is 0.283. The lowest BCUT2D eigenvalue weighted by Gasteiger charge is -2.14. The maximum Gasteiger partial charge on any atom is 0.319 e. The second-order valence-corrected chi connectivity index (χ2v) is 5.59. The number of amides is 2. The minimum atomic E-state index is -0.332. The zero-order valence-electron chi connectivity index (χ0n) is 14.4. The highest BCUT2D eigenvalue weighted by molar-refractivity contribution is 6.31. The monoisotopic (exact) mass is 364 g/mol. The van der Waals surface area contributed by atoms with Crippen LogP contribution in [0.3, 0.4) is 0 Å². The number of carbonyl (C=O) groups excluding carboxylic acids is 1. The smallest absolute Gasteiger partial charge is 0.319 e. The molecule has 25 heavy (non-hydrogen) atoms. The van der Waals surface area contributed by atoms with Crippen molar-refractivity contribution in [3.05, 3.63) is 47.0 Å². The molecule has 0 radical (unpaired) electrons. The van der Waals surface area contributed by atoms with E-state index in [1.54, 1.807) is 44.6 Å². The van der Waals surface area contributed by atoms with Gasteiger partial charge in [-0.2, -0.15) is 0 Å². The van der Waals surface area contributed by atoms with Crippen molar-refractivity contribution < 1.29 is 19.0 Å². The molecular formula is C18H21ClN2O4. The van der Waals surface area contributed by atoms with Gasteiger partial charge in [0.15, 0.2) is 11.5 Å². The number of aryl methyl sites for hydroxylation is 1. The molecule has 0 aromatic heterocycles. The molecule has 2 aromatic carbocycles. The largest absolute Gasteiger partial charge is 0.493 e. The predicted molar refractivity (Wildman–Crippen MR) is 98.3 cm³/mol. The van der Waals surface area contributed by atoms with E-state index in [0.717, 1.165) is 5.56 Å². The Morgan fingerprint density at radius 1 is 1.12 bits per heavy atom. The Morgan fingerprint density at radius 2 is 1.88 bits per heavy atom. The molecule has 7 heteroatoms. The van der Waals surface area contributed by atoms with Gasteiger partial charge in [0, 0.05) is 10.7 Å². The highest BCUT2D eigenvalue weighted by Gasteiger charge is 2.10. The molecule has 0 spiro atoms. The minimum Gasteiger partial charge on any atom is -0.493 e. The van der Waals surface area contributed by atoms with Crippen molar-refractivity contribution in [2.24, 2.45) is 0 Å². The fraction of sp³-hybridized carbons (Fsp3) is 0.278. The number of para-hydroxylation sites is 1. The number of methoxy groups -OCH3 is 2. The molecule has 0 bridgehead atoms. The maximum atomic E-state index is 11.9. The lowest BCUT2D eigenvalue weighted by Crippen LogP contribution is -2.32. The molecule has 0 heterocycles. The van der Waals surface area contributed by atoms with E-state index in [2.05, 4.69) is 10.6 Å². The topological polar surface area (TPSA) is 68.8 Å². The molecule has 0 fully saturated rings. The molecule has 0 saturated heterocycles. The summed E-state index contributed by atoms with van der Waals surface area (Å²) in [6.07, 6.45) is 0. The van der Waals surface area contributed by atoms with Gasteiger partial charge in [-0.15, -0.1) is 0 Å². The van der Waals surface area contributed by atoms with E-state index in [9.17, 15) is 4.79 Å². The summed E-state index contributed by atoms with van der Waals surface area (Å²) in [6.45, 7) is 2.51. The van der Waals surface area contributed by atoms with Crippen molar-refractivity contribution in [1.82, 2.24) is 5.32 Å². The van der Waals surface area contributed by atoms with Crippen molar-refractivity contribution in [1.29, 1.82) is 0 Å². The van der Waals surface area contributed by atoms with E-state index < -0.39 is 0 Å². The van der Waals surface area contributed by atoms with Crippen LogP contribution in [0.15, 0.2) is 36.4 Å². The lowest BCUT2D eigenvalue weighted by atomic mass is 10.2. The van der Waals surface area contributed by atoms with Crippen LogP contribution < -0.4 is 24.8 Å². The van der Waals surface area contributed by atoms with E-state index >= 15 is 0 Å². The zero-order chi connectivity index (χ0) is 18.2. The van der Waals surface area contributed by atoms with Crippen molar-refractivity contribution >= 4 is 23.3 Å². The summed E-state index contributed by atoms with van der Waals surface area (Å²) in [5.41, 5.74) is 1.58. The number of rotatable bonds is 7. The van der Waals surface area contributed by atoms with Crippen molar-refractivity contribution in [3.8, 4) is 17.2 Å². The van der Waals surface area contributed by atoms with Gasteiger partial charge < -0.3 is 24.8 Å². The number of urea groups is 1. The van der Waals surface area contributed by atoms with Gasteiger partial charge in [0.25, 0.3) is 0 Å². The molecular weight excluding hydrogens is 344 g/mol. The summed E-state index contributed by atoms with van der Waals surface area (Å²) in [6, 6.07) is 10.4. The molecule has 0 saturated carbocycles. The van der Waals surface area contributed by atoms with Gasteiger partial charge in [-0.25, -0.2) is 4.79 Å². The number of nitrogens with one attached hydrogen (secondary N) is 2. The molecule has 6 nitrogen and oxygen atoms in total. The molecule has 2 amide bonds. The van der Waals surface area contributed by atoms with Crippen LogP contribution in [-0.4, -0.2) is 33.4 Å². The number of halogens is 1. The second-order valence-electron chi connectivity index (χ2n) is 5.18. The molecule has 0 aliphatic rings. The molecule has 0 aliphatic heterocycles. The Bertz CT molecular complexity index is 737. The Morgan fingerprint density at radius 3 is 2.56 bits per heavy atom. The Kier molecular flexibility index (Phi) is 6.77. The average Bonchev–Trinajstić information content (AvgIpc) is 2.61. The highest BCUT2D eigenvalue weighted by atomic mass is 35.5. The first-order valence-corrected chi connectivity index (χ1v) is 8.07. The van der Waals surface area contributed by atoms with E-state index in [-0.39, 0.29) is 12.6 Å². The summed E-state index contributed by atoms with van der Waals surface area (Å²) in [5, 5.41) is 6.03. The Balaban J connectivity index is 1.81. The van der Waals surface area contributed by atoms with Crippen LogP contribution >= 0.6 is 11.6 Å². The van der Waals surface area contributed by atoms with Gasteiger partial charge in [0.05, 0.1) is 20.8 Å². The molecule has 0 atom stereocenters. The van der Waals surface area contributed by atoms with Gasteiger partial charge >= 0.3 is 6.03 Å². The van der Waals surface area contributed by atoms with Crippen LogP contribution in [0, 0.1) is 6.92 Å². The Labute approximate surface area is 152 Å². The third-order valence-electron chi connectivity index (χ3n) is 3.44. The number of anilines is 1. The lowest BCUT2D eigenvalue weighted by molar-refractivity contribution is 0.245. The van der Waals surface area contributed by atoms with E-state index in [1.165, 1.54) is 0 Å². The predicted octanol–water partition coefficient (Wildman–Crippen LogP) is 3.87. The van der Waals surface area contributed by atoms with Gasteiger partial charge in [0.1, 0.15) is 6.61 Å². The summed E-state index contributed by atoms with van der Waals surface area (Å²) in [7, 11) is 3.11. The summed E-state index contributed by atoms with van der Waals surface area (Å²) >= 11 is 6.03. The maximum absolute atomic E-state index is 11.9. The highest BCUT2D eigenvalue weighted by Crippen LogP contribution is 2.36. The first-order chi connectivity index (χ1) is 12.0. The molecule has 134 valence electrons. The van der Waals surface area contributed by atoms with Crippen LogP contribution in [0.5, 0.6) is 17.2 Å². The number of carbonyl (C=O) groups is 1. The SMILES string of the molecule is COc1cccc(OCCNC(=O)Nc2ccc(C)c(Cl)c2)c1OC. The fourth-order valence-corrected chi connectivity index (χ4v) is 2.32. The molecule has 2 N–H and O–H groups in total. The molecule has 0 aliphatic carbocycles. The number of ether oxygens (including phenoxy) is 3. The van der Waals surface area contributed by atoms with Crippen LogP contribution in [0.4, 0.5) is 10.5 Å². The quantitative estimate of drug-likeness (QED) is 0.732.